The molecule has 1 heterocycles. The highest BCUT2D eigenvalue weighted by Crippen LogP contribution is 2.37. The molecule has 4 aromatic rings. The second-order valence-electron chi connectivity index (χ2n) is 8.82. The van der Waals surface area contributed by atoms with Gasteiger partial charge in [0.1, 0.15) is 23.1 Å². The van der Waals surface area contributed by atoms with Gasteiger partial charge in [0.05, 0.1) is 48.4 Å². The summed E-state index contributed by atoms with van der Waals surface area (Å²) in [6.45, 7) is 4.28. The summed E-state index contributed by atoms with van der Waals surface area (Å²) < 4.78 is 18.4. The van der Waals surface area contributed by atoms with Crippen molar-refractivity contribution in [2.24, 2.45) is 0 Å². The van der Waals surface area contributed by atoms with Crippen molar-refractivity contribution in [1.29, 1.82) is 0 Å². The molecule has 39 heavy (non-hydrogen) atoms. The van der Waals surface area contributed by atoms with Gasteiger partial charge in [-0.15, -0.1) is 0 Å². The van der Waals surface area contributed by atoms with Crippen LogP contribution in [0.2, 0.25) is 0 Å². The predicted octanol–water partition coefficient (Wildman–Crippen LogP) is 6.18. The first-order valence-electron chi connectivity index (χ1n) is 12.5. The van der Waals surface area contributed by atoms with E-state index in [1.54, 1.807) is 80.8 Å². The maximum Gasteiger partial charge on any atom is 0.322 e. The highest BCUT2D eigenvalue weighted by Gasteiger charge is 2.28. The SMILES string of the molecule is CCCN(C(=O)Nc1cccc(OC)c1)C(C)c1nc2ccccc2c(=O)n1-c1cc(OC)cc(OC)c1Br. The fourth-order valence-corrected chi connectivity index (χ4v) is 4.97. The number of nitrogens with one attached hydrogen (secondary N) is 1. The third-order valence-electron chi connectivity index (χ3n) is 6.38. The lowest BCUT2D eigenvalue weighted by atomic mass is 10.1. The number of para-hydroxylation sites is 1. The lowest BCUT2D eigenvalue weighted by Gasteiger charge is -2.30. The minimum absolute atomic E-state index is 0.275. The van der Waals surface area contributed by atoms with Gasteiger partial charge in [-0.3, -0.25) is 9.36 Å². The summed E-state index contributed by atoms with van der Waals surface area (Å²) in [7, 11) is 4.66. The number of ether oxygens (including phenoxy) is 3. The number of nitrogens with zero attached hydrogens (tertiary/aromatic N) is 3. The van der Waals surface area contributed by atoms with Crippen molar-refractivity contribution in [3.63, 3.8) is 0 Å². The second kappa shape index (κ2) is 12.2. The van der Waals surface area contributed by atoms with E-state index in [2.05, 4.69) is 21.2 Å². The number of amides is 2. The number of hydrogen-bond donors (Lipinski definition) is 1. The summed E-state index contributed by atoms with van der Waals surface area (Å²) in [5.41, 5.74) is 1.34. The Morgan fingerprint density at radius 1 is 1.03 bits per heavy atom. The summed E-state index contributed by atoms with van der Waals surface area (Å²) in [6.07, 6.45) is 0.699. The van der Waals surface area contributed by atoms with Gasteiger partial charge in [-0.25, -0.2) is 9.78 Å². The van der Waals surface area contributed by atoms with Crippen LogP contribution in [0.4, 0.5) is 10.5 Å². The van der Waals surface area contributed by atoms with Crippen LogP contribution in [0, 0.1) is 0 Å². The van der Waals surface area contributed by atoms with Crippen molar-refractivity contribution in [2.45, 2.75) is 26.3 Å². The van der Waals surface area contributed by atoms with Crippen molar-refractivity contribution in [2.75, 3.05) is 33.2 Å². The van der Waals surface area contributed by atoms with E-state index in [1.807, 2.05) is 19.9 Å². The highest BCUT2D eigenvalue weighted by atomic mass is 79.9. The van der Waals surface area contributed by atoms with Crippen LogP contribution in [0.15, 0.2) is 69.9 Å². The Kier molecular flexibility index (Phi) is 8.75. The number of carbonyl (C=O) groups excluding carboxylic acids is 1. The third-order valence-corrected chi connectivity index (χ3v) is 7.18. The Labute approximate surface area is 235 Å². The van der Waals surface area contributed by atoms with Crippen molar-refractivity contribution in [3.05, 3.63) is 81.3 Å². The van der Waals surface area contributed by atoms with Crippen molar-refractivity contribution < 1.29 is 19.0 Å². The van der Waals surface area contributed by atoms with E-state index in [0.29, 0.717) is 62.8 Å². The van der Waals surface area contributed by atoms with Crippen LogP contribution in [0.3, 0.4) is 0 Å². The number of anilines is 1. The zero-order valence-electron chi connectivity index (χ0n) is 22.5. The number of urea groups is 1. The topological polar surface area (TPSA) is 94.9 Å². The number of carbonyl (C=O) groups is 1. The number of fused-ring (bicyclic) bond motifs is 1. The van der Waals surface area contributed by atoms with Gasteiger partial charge in [0.2, 0.25) is 0 Å². The molecule has 1 aromatic heterocycles. The number of methoxy groups -OCH3 is 3. The lowest BCUT2D eigenvalue weighted by molar-refractivity contribution is 0.189. The van der Waals surface area contributed by atoms with Crippen molar-refractivity contribution in [1.82, 2.24) is 14.5 Å². The van der Waals surface area contributed by atoms with Gasteiger partial charge < -0.3 is 24.4 Å². The Balaban J connectivity index is 1.89. The summed E-state index contributed by atoms with van der Waals surface area (Å²) in [4.78, 5) is 34.2. The molecule has 0 saturated heterocycles. The summed E-state index contributed by atoms with van der Waals surface area (Å²) in [5.74, 6) is 2.02. The molecule has 204 valence electrons. The monoisotopic (exact) mass is 594 g/mol. The van der Waals surface area contributed by atoms with E-state index in [-0.39, 0.29) is 11.6 Å². The van der Waals surface area contributed by atoms with E-state index < -0.39 is 6.04 Å². The second-order valence-corrected chi connectivity index (χ2v) is 9.61. The molecule has 0 aliphatic rings. The molecule has 0 aliphatic carbocycles. The summed E-state index contributed by atoms with van der Waals surface area (Å²) >= 11 is 3.60. The Morgan fingerprint density at radius 3 is 2.46 bits per heavy atom. The highest BCUT2D eigenvalue weighted by molar-refractivity contribution is 9.10. The van der Waals surface area contributed by atoms with Crippen molar-refractivity contribution >= 4 is 38.6 Å². The molecule has 1 atom stereocenters. The molecule has 9 nitrogen and oxygen atoms in total. The van der Waals surface area contributed by atoms with Crippen LogP contribution in [-0.4, -0.2) is 48.4 Å². The fourth-order valence-electron chi connectivity index (χ4n) is 4.40. The van der Waals surface area contributed by atoms with Gasteiger partial charge in [-0.1, -0.05) is 25.1 Å². The molecular formula is C29H31BrN4O5. The van der Waals surface area contributed by atoms with Gasteiger partial charge in [-0.05, 0) is 53.5 Å². The number of halogens is 1. The third kappa shape index (κ3) is 5.70. The van der Waals surface area contributed by atoms with Gasteiger partial charge in [-0.2, -0.15) is 0 Å². The number of hydrogen-bond acceptors (Lipinski definition) is 6. The Morgan fingerprint density at radius 2 is 1.77 bits per heavy atom. The van der Waals surface area contributed by atoms with E-state index in [4.69, 9.17) is 19.2 Å². The molecule has 1 unspecified atom stereocenters. The molecule has 1 N–H and O–H groups in total. The predicted molar refractivity (Wildman–Crippen MR) is 156 cm³/mol. The molecule has 0 saturated carbocycles. The molecule has 10 heteroatoms. The van der Waals surface area contributed by atoms with E-state index in [1.165, 1.54) is 4.57 Å². The first kappa shape index (κ1) is 28.0. The van der Waals surface area contributed by atoms with E-state index >= 15 is 0 Å². The number of aromatic nitrogens is 2. The molecule has 3 aromatic carbocycles. The van der Waals surface area contributed by atoms with Crippen LogP contribution in [0.25, 0.3) is 16.6 Å². The number of rotatable bonds is 9. The molecule has 0 fully saturated rings. The standard InChI is InChI=1S/C29H31BrN4O5/c1-6-14-33(29(36)31-19-10-9-11-20(15-19)37-3)18(2)27-32-23-13-8-7-12-22(23)28(35)34(27)24-16-21(38-4)17-25(39-5)26(24)30/h7-13,15-18H,6,14H2,1-5H3,(H,31,36). The van der Waals surface area contributed by atoms with E-state index in [0.717, 1.165) is 0 Å². The molecule has 0 bridgehead atoms. The van der Waals surface area contributed by atoms with Gasteiger partial charge in [0, 0.05) is 30.4 Å². The molecule has 4 rings (SSSR count). The van der Waals surface area contributed by atoms with Crippen LogP contribution < -0.4 is 25.1 Å². The summed E-state index contributed by atoms with van der Waals surface area (Å²) in [6, 6.07) is 16.9. The molecule has 0 radical (unpaired) electrons. The lowest BCUT2D eigenvalue weighted by Crippen LogP contribution is -2.40. The van der Waals surface area contributed by atoms with Crippen LogP contribution in [0.1, 0.15) is 32.1 Å². The van der Waals surface area contributed by atoms with E-state index in [9.17, 15) is 9.59 Å². The summed E-state index contributed by atoms with van der Waals surface area (Å²) in [5, 5.41) is 3.40. The smallest absolute Gasteiger partial charge is 0.322 e. The number of benzene rings is 3. The van der Waals surface area contributed by atoms with Gasteiger partial charge in [0.15, 0.2) is 0 Å². The first-order chi connectivity index (χ1) is 18.8. The Bertz CT molecular complexity index is 1550. The first-order valence-corrected chi connectivity index (χ1v) is 13.3. The molecule has 0 spiro atoms. The van der Waals surface area contributed by atoms with Crippen LogP contribution >= 0.6 is 15.9 Å². The average molecular weight is 595 g/mol. The Hall–Kier alpha value is -4.05. The minimum Gasteiger partial charge on any atom is -0.497 e. The van der Waals surface area contributed by atoms with Crippen molar-refractivity contribution in [3.8, 4) is 22.9 Å². The average Bonchev–Trinajstić information content (AvgIpc) is 2.96. The normalized spacial score (nSPS) is 11.6. The zero-order valence-corrected chi connectivity index (χ0v) is 24.1. The molecule has 2 amide bonds. The van der Waals surface area contributed by atoms with Gasteiger partial charge in [0.25, 0.3) is 5.56 Å². The van der Waals surface area contributed by atoms with Crippen LogP contribution in [-0.2, 0) is 0 Å². The van der Waals surface area contributed by atoms with Gasteiger partial charge >= 0.3 is 6.03 Å². The maximum absolute atomic E-state index is 14.0. The quantitative estimate of drug-likeness (QED) is 0.249. The maximum atomic E-state index is 14.0. The molecular weight excluding hydrogens is 564 g/mol. The fraction of sp³-hybridized carbons (Fsp3) is 0.276. The largest absolute Gasteiger partial charge is 0.497 e. The van der Waals surface area contributed by atoms with Crippen LogP contribution in [0.5, 0.6) is 17.2 Å². The zero-order chi connectivity index (χ0) is 28.1. The minimum atomic E-state index is -0.586. The molecule has 0 aliphatic heterocycles.